The normalized spacial score (nSPS) is 17.1. The number of carboxylic acids is 1. The average Bonchev–Trinajstić information content (AvgIpc) is 2.47. The van der Waals surface area contributed by atoms with Crippen molar-refractivity contribution < 1.29 is 9.90 Å². The molecule has 1 N–H and O–H groups in total. The van der Waals surface area contributed by atoms with Crippen molar-refractivity contribution in [3.8, 4) is 0 Å². The van der Waals surface area contributed by atoms with Crippen LogP contribution in [0.4, 0.5) is 5.69 Å². The summed E-state index contributed by atoms with van der Waals surface area (Å²) in [5.41, 5.74) is 1.02. The lowest BCUT2D eigenvalue weighted by molar-refractivity contribution is -0.135. The van der Waals surface area contributed by atoms with E-state index in [4.69, 9.17) is 5.11 Å². The molecule has 1 aromatic rings. The van der Waals surface area contributed by atoms with Gasteiger partial charge < -0.3 is 14.9 Å². The van der Waals surface area contributed by atoms with Gasteiger partial charge in [0.05, 0.1) is 0 Å². The number of anilines is 1. The minimum atomic E-state index is -0.759. The van der Waals surface area contributed by atoms with Crippen molar-refractivity contribution >= 4 is 11.7 Å². The summed E-state index contributed by atoms with van der Waals surface area (Å²) >= 11 is 0. The fraction of sp³-hybridized carbons (Fsp3) is 0.562. The second-order valence-corrected chi connectivity index (χ2v) is 5.43. The molecule has 110 valence electrons. The fourth-order valence-electron chi connectivity index (χ4n) is 2.97. The Morgan fingerprint density at radius 1 is 1.30 bits per heavy atom. The molecule has 0 atom stereocenters. The van der Waals surface area contributed by atoms with E-state index < -0.39 is 5.97 Å². The molecule has 1 aromatic carbocycles. The zero-order chi connectivity index (χ0) is 14.4. The second kappa shape index (κ2) is 7.29. The van der Waals surface area contributed by atoms with Crippen LogP contribution in [0.15, 0.2) is 30.3 Å². The van der Waals surface area contributed by atoms with Crippen LogP contribution in [-0.4, -0.2) is 48.2 Å². The first-order valence-electron chi connectivity index (χ1n) is 7.46. The first-order chi connectivity index (χ1) is 9.70. The molecule has 4 nitrogen and oxygen atoms in total. The Kier molecular flexibility index (Phi) is 5.41. The molecule has 0 saturated carbocycles. The van der Waals surface area contributed by atoms with E-state index in [0.717, 1.165) is 38.2 Å². The minimum absolute atomic E-state index is 0.0858. The summed E-state index contributed by atoms with van der Waals surface area (Å²) in [5.74, 6) is -0.759. The number of para-hydroxylation sites is 1. The van der Waals surface area contributed by atoms with Gasteiger partial charge in [0, 0.05) is 24.8 Å². The van der Waals surface area contributed by atoms with Crippen molar-refractivity contribution in [3.05, 3.63) is 30.3 Å². The lowest BCUT2D eigenvalue weighted by atomic mass is 10.0. The smallest absolute Gasteiger partial charge is 0.323 e. The number of benzene rings is 1. The van der Waals surface area contributed by atoms with Gasteiger partial charge in [-0.15, -0.1) is 0 Å². The van der Waals surface area contributed by atoms with E-state index in [1.807, 2.05) is 35.2 Å². The zero-order valence-corrected chi connectivity index (χ0v) is 12.2. The van der Waals surface area contributed by atoms with Gasteiger partial charge in [-0.2, -0.15) is 0 Å². The molecule has 0 amide bonds. The summed E-state index contributed by atoms with van der Waals surface area (Å²) < 4.78 is 0. The Labute approximate surface area is 121 Å². The first-order valence-corrected chi connectivity index (χ1v) is 7.46. The van der Waals surface area contributed by atoms with Crippen LogP contribution in [-0.2, 0) is 4.79 Å². The maximum Gasteiger partial charge on any atom is 0.323 e. The molecule has 1 heterocycles. The third kappa shape index (κ3) is 3.97. The van der Waals surface area contributed by atoms with Crippen LogP contribution in [0.5, 0.6) is 0 Å². The highest BCUT2D eigenvalue weighted by Crippen LogP contribution is 2.23. The molecule has 0 bridgehead atoms. The number of likely N-dealkylation sites (tertiary alicyclic amines) is 1. The van der Waals surface area contributed by atoms with Crippen molar-refractivity contribution in [1.29, 1.82) is 0 Å². The van der Waals surface area contributed by atoms with E-state index in [-0.39, 0.29) is 6.54 Å². The standard InChI is InChI=1S/C16H24N2O2/c1-2-10-17-11-8-15(9-12-17)18(13-16(19)20)14-6-4-3-5-7-14/h3-7,15H,2,8-13H2,1H3,(H,19,20). The molecule has 0 aromatic heterocycles. The third-order valence-corrected chi connectivity index (χ3v) is 3.93. The van der Waals surface area contributed by atoms with E-state index in [1.54, 1.807) is 0 Å². The molecule has 0 radical (unpaired) electrons. The summed E-state index contributed by atoms with van der Waals surface area (Å²) in [4.78, 5) is 15.7. The lowest BCUT2D eigenvalue weighted by Crippen LogP contribution is -2.47. The van der Waals surface area contributed by atoms with Crippen LogP contribution in [0, 0.1) is 0 Å². The maximum absolute atomic E-state index is 11.1. The topological polar surface area (TPSA) is 43.8 Å². The van der Waals surface area contributed by atoms with Crippen molar-refractivity contribution in [2.24, 2.45) is 0 Å². The van der Waals surface area contributed by atoms with Crippen LogP contribution < -0.4 is 4.90 Å². The predicted octanol–water partition coefficient (Wildman–Crippen LogP) is 2.45. The van der Waals surface area contributed by atoms with Crippen LogP contribution in [0.25, 0.3) is 0 Å². The molecule has 4 heteroatoms. The van der Waals surface area contributed by atoms with Gasteiger partial charge in [-0.05, 0) is 37.9 Å². The summed E-state index contributed by atoms with van der Waals surface area (Å²) in [5, 5.41) is 9.16. The molecule has 1 saturated heterocycles. The molecule has 0 spiro atoms. The van der Waals surface area contributed by atoms with Crippen molar-refractivity contribution in [1.82, 2.24) is 4.90 Å². The Hall–Kier alpha value is -1.55. The summed E-state index contributed by atoms with van der Waals surface area (Å²) in [6.07, 6.45) is 3.27. The van der Waals surface area contributed by atoms with E-state index in [1.165, 1.54) is 6.42 Å². The Balaban J connectivity index is 2.03. The zero-order valence-electron chi connectivity index (χ0n) is 12.2. The molecular formula is C16H24N2O2. The molecule has 1 aliphatic heterocycles. The van der Waals surface area contributed by atoms with E-state index >= 15 is 0 Å². The van der Waals surface area contributed by atoms with Gasteiger partial charge in [0.1, 0.15) is 6.54 Å². The highest BCUT2D eigenvalue weighted by Gasteiger charge is 2.25. The van der Waals surface area contributed by atoms with Gasteiger partial charge in [0.2, 0.25) is 0 Å². The van der Waals surface area contributed by atoms with Crippen molar-refractivity contribution in [2.75, 3.05) is 31.1 Å². The highest BCUT2D eigenvalue weighted by atomic mass is 16.4. The largest absolute Gasteiger partial charge is 0.480 e. The molecule has 1 fully saturated rings. The minimum Gasteiger partial charge on any atom is -0.480 e. The van der Waals surface area contributed by atoms with Crippen LogP contribution in [0.1, 0.15) is 26.2 Å². The number of hydrogen-bond donors (Lipinski definition) is 1. The molecule has 1 aliphatic rings. The van der Waals surface area contributed by atoms with Crippen LogP contribution >= 0.6 is 0 Å². The van der Waals surface area contributed by atoms with Crippen molar-refractivity contribution in [2.45, 2.75) is 32.2 Å². The van der Waals surface area contributed by atoms with Gasteiger partial charge >= 0.3 is 5.97 Å². The van der Waals surface area contributed by atoms with Gasteiger partial charge in [0.15, 0.2) is 0 Å². The van der Waals surface area contributed by atoms with Gasteiger partial charge in [-0.3, -0.25) is 4.79 Å². The Bertz CT molecular complexity index is 414. The third-order valence-electron chi connectivity index (χ3n) is 3.93. The van der Waals surface area contributed by atoms with Gasteiger partial charge in [-0.25, -0.2) is 0 Å². The summed E-state index contributed by atoms with van der Waals surface area (Å²) in [7, 11) is 0. The Morgan fingerprint density at radius 2 is 1.95 bits per heavy atom. The fourth-order valence-corrected chi connectivity index (χ4v) is 2.97. The first kappa shape index (κ1) is 14.9. The quantitative estimate of drug-likeness (QED) is 0.867. The summed E-state index contributed by atoms with van der Waals surface area (Å²) in [6, 6.07) is 10.2. The van der Waals surface area contributed by atoms with E-state index in [2.05, 4.69) is 11.8 Å². The average molecular weight is 276 g/mol. The summed E-state index contributed by atoms with van der Waals surface area (Å²) in [6.45, 7) is 5.58. The number of nitrogens with zero attached hydrogens (tertiary/aromatic N) is 2. The van der Waals surface area contributed by atoms with E-state index in [0.29, 0.717) is 6.04 Å². The van der Waals surface area contributed by atoms with Crippen LogP contribution in [0.3, 0.4) is 0 Å². The predicted molar refractivity (Wildman–Crippen MR) is 81.2 cm³/mol. The highest BCUT2D eigenvalue weighted by molar-refractivity contribution is 5.74. The maximum atomic E-state index is 11.1. The molecule has 0 aliphatic carbocycles. The van der Waals surface area contributed by atoms with Gasteiger partial charge in [0.25, 0.3) is 0 Å². The molecule has 20 heavy (non-hydrogen) atoms. The molecule has 0 unspecified atom stereocenters. The number of aliphatic carboxylic acids is 1. The van der Waals surface area contributed by atoms with E-state index in [9.17, 15) is 4.79 Å². The molecular weight excluding hydrogens is 252 g/mol. The number of hydrogen-bond acceptors (Lipinski definition) is 3. The number of carbonyl (C=O) groups is 1. The van der Waals surface area contributed by atoms with Gasteiger partial charge in [-0.1, -0.05) is 25.1 Å². The molecule has 2 rings (SSSR count). The lowest BCUT2D eigenvalue weighted by Gasteiger charge is -2.39. The van der Waals surface area contributed by atoms with Crippen molar-refractivity contribution in [3.63, 3.8) is 0 Å². The second-order valence-electron chi connectivity index (χ2n) is 5.43. The number of rotatable bonds is 6. The van der Waals surface area contributed by atoms with Crippen LogP contribution in [0.2, 0.25) is 0 Å². The number of piperidine rings is 1. The SMILES string of the molecule is CCCN1CCC(N(CC(=O)O)c2ccccc2)CC1. The number of carboxylic acid groups (broad SMARTS) is 1. The monoisotopic (exact) mass is 276 g/mol. The Morgan fingerprint density at radius 3 is 2.50 bits per heavy atom.